The molecule has 0 spiro atoms. The zero-order valence-electron chi connectivity index (χ0n) is 11.8. The number of hydrogen-bond acceptors (Lipinski definition) is 1. The van der Waals surface area contributed by atoms with E-state index in [-0.39, 0.29) is 0 Å². The molecule has 0 aromatic heterocycles. The van der Waals surface area contributed by atoms with Crippen LogP contribution in [-0.4, -0.2) is 5.71 Å². The Balaban J connectivity index is 4.60. The summed E-state index contributed by atoms with van der Waals surface area (Å²) in [5, 5.41) is 7.91. The topological polar surface area (TPSA) is 23.9 Å². The SMILES string of the molecule is CCCCCC(CCC)C(C(C)=N)=C(C)C. The summed E-state index contributed by atoms with van der Waals surface area (Å²) in [5.74, 6) is 0.624. The third kappa shape index (κ3) is 5.48. The van der Waals surface area contributed by atoms with Crippen LogP contribution in [0.1, 0.15) is 73.1 Å². The molecule has 0 rings (SSSR count). The predicted octanol–water partition coefficient (Wildman–Crippen LogP) is 5.36. The van der Waals surface area contributed by atoms with Crippen LogP contribution in [-0.2, 0) is 0 Å². The molecule has 0 bridgehead atoms. The average molecular weight is 223 g/mol. The molecule has 16 heavy (non-hydrogen) atoms. The van der Waals surface area contributed by atoms with E-state index >= 15 is 0 Å². The standard InChI is InChI=1S/C15H29N/c1-6-8-9-11-14(10-7-2)15(12(3)4)13(5)16/h14,16H,6-11H2,1-5H3. The van der Waals surface area contributed by atoms with Crippen LogP contribution in [0.5, 0.6) is 0 Å². The lowest BCUT2D eigenvalue weighted by Crippen LogP contribution is -2.12. The predicted molar refractivity (Wildman–Crippen MR) is 74.3 cm³/mol. The summed E-state index contributed by atoms with van der Waals surface area (Å²) in [6, 6.07) is 0. The lowest BCUT2D eigenvalue weighted by atomic mass is 9.84. The van der Waals surface area contributed by atoms with E-state index in [0.29, 0.717) is 5.92 Å². The number of allylic oxidation sites excluding steroid dienone is 2. The fourth-order valence-corrected chi connectivity index (χ4v) is 2.51. The molecule has 0 heterocycles. The number of hydrogen-bond donors (Lipinski definition) is 1. The first-order valence-corrected chi connectivity index (χ1v) is 6.77. The third-order valence-electron chi connectivity index (χ3n) is 3.14. The molecule has 0 radical (unpaired) electrons. The van der Waals surface area contributed by atoms with Gasteiger partial charge in [0.1, 0.15) is 0 Å². The van der Waals surface area contributed by atoms with Crippen molar-refractivity contribution in [2.24, 2.45) is 5.92 Å². The van der Waals surface area contributed by atoms with Gasteiger partial charge in [-0.3, -0.25) is 0 Å². The Morgan fingerprint density at radius 1 is 0.938 bits per heavy atom. The van der Waals surface area contributed by atoms with Gasteiger partial charge in [0.15, 0.2) is 0 Å². The molecule has 0 aliphatic heterocycles. The summed E-state index contributed by atoms with van der Waals surface area (Å²) in [4.78, 5) is 0. The second-order valence-corrected chi connectivity index (χ2v) is 5.02. The fourth-order valence-electron chi connectivity index (χ4n) is 2.51. The van der Waals surface area contributed by atoms with E-state index in [1.54, 1.807) is 0 Å². The first kappa shape index (κ1) is 15.4. The Morgan fingerprint density at radius 2 is 1.56 bits per heavy atom. The van der Waals surface area contributed by atoms with Crippen molar-refractivity contribution < 1.29 is 0 Å². The Kier molecular flexibility index (Phi) is 8.23. The van der Waals surface area contributed by atoms with Gasteiger partial charge < -0.3 is 5.41 Å². The molecular weight excluding hydrogens is 194 g/mol. The van der Waals surface area contributed by atoms with E-state index in [0.717, 1.165) is 5.71 Å². The van der Waals surface area contributed by atoms with Crippen LogP contribution in [0.3, 0.4) is 0 Å². The van der Waals surface area contributed by atoms with Gasteiger partial charge in [0.05, 0.1) is 0 Å². The zero-order chi connectivity index (χ0) is 12.6. The van der Waals surface area contributed by atoms with E-state index in [1.807, 2.05) is 6.92 Å². The maximum absolute atomic E-state index is 7.91. The smallest absolute Gasteiger partial charge is 0.0317 e. The highest BCUT2D eigenvalue weighted by Crippen LogP contribution is 2.27. The largest absolute Gasteiger partial charge is 0.305 e. The molecule has 94 valence electrons. The quantitative estimate of drug-likeness (QED) is 0.423. The Bertz CT molecular complexity index is 234. The van der Waals surface area contributed by atoms with Crippen molar-refractivity contribution in [2.45, 2.75) is 73.1 Å². The van der Waals surface area contributed by atoms with Crippen LogP contribution in [0.25, 0.3) is 0 Å². The number of nitrogens with one attached hydrogen (secondary N) is 1. The first-order chi connectivity index (χ1) is 7.54. The summed E-state index contributed by atoms with van der Waals surface area (Å²) >= 11 is 0. The minimum absolute atomic E-state index is 0.624. The molecule has 0 aliphatic carbocycles. The van der Waals surface area contributed by atoms with Gasteiger partial charge in [-0.2, -0.15) is 0 Å². The van der Waals surface area contributed by atoms with Gasteiger partial charge in [-0.05, 0) is 45.1 Å². The van der Waals surface area contributed by atoms with Crippen LogP contribution >= 0.6 is 0 Å². The maximum Gasteiger partial charge on any atom is 0.0317 e. The minimum atomic E-state index is 0.624. The van der Waals surface area contributed by atoms with Gasteiger partial charge in [0.2, 0.25) is 0 Å². The molecule has 1 atom stereocenters. The van der Waals surface area contributed by atoms with Gasteiger partial charge in [-0.1, -0.05) is 45.1 Å². The van der Waals surface area contributed by atoms with Crippen molar-refractivity contribution in [3.05, 3.63) is 11.1 Å². The number of rotatable bonds is 8. The molecule has 1 unspecified atom stereocenters. The van der Waals surface area contributed by atoms with Gasteiger partial charge >= 0.3 is 0 Å². The van der Waals surface area contributed by atoms with E-state index in [2.05, 4.69) is 27.7 Å². The van der Waals surface area contributed by atoms with Gasteiger partial charge in [-0.25, -0.2) is 0 Å². The van der Waals surface area contributed by atoms with Gasteiger partial charge in [-0.15, -0.1) is 0 Å². The molecule has 0 aliphatic rings. The number of unbranched alkanes of at least 4 members (excludes halogenated alkanes) is 2. The lowest BCUT2D eigenvalue weighted by Gasteiger charge is -2.21. The van der Waals surface area contributed by atoms with Crippen LogP contribution < -0.4 is 0 Å². The molecule has 0 fully saturated rings. The van der Waals surface area contributed by atoms with Crippen LogP contribution in [0.2, 0.25) is 0 Å². The Labute approximate surface area is 102 Å². The summed E-state index contributed by atoms with van der Waals surface area (Å²) in [7, 11) is 0. The maximum atomic E-state index is 7.91. The molecule has 0 saturated carbocycles. The Hall–Kier alpha value is -0.590. The van der Waals surface area contributed by atoms with Crippen molar-refractivity contribution in [1.82, 2.24) is 0 Å². The first-order valence-electron chi connectivity index (χ1n) is 6.77. The second kappa shape index (κ2) is 8.55. The molecule has 0 aromatic carbocycles. The fraction of sp³-hybridized carbons (Fsp3) is 0.800. The van der Waals surface area contributed by atoms with Crippen molar-refractivity contribution >= 4 is 5.71 Å². The van der Waals surface area contributed by atoms with E-state index in [9.17, 15) is 0 Å². The third-order valence-corrected chi connectivity index (χ3v) is 3.14. The van der Waals surface area contributed by atoms with E-state index < -0.39 is 0 Å². The van der Waals surface area contributed by atoms with Gasteiger partial charge in [0.25, 0.3) is 0 Å². The van der Waals surface area contributed by atoms with Crippen molar-refractivity contribution in [3.8, 4) is 0 Å². The highest BCUT2D eigenvalue weighted by molar-refractivity contribution is 5.96. The van der Waals surface area contributed by atoms with Crippen molar-refractivity contribution in [2.75, 3.05) is 0 Å². The molecule has 0 aromatic rings. The van der Waals surface area contributed by atoms with Crippen LogP contribution in [0.4, 0.5) is 0 Å². The summed E-state index contributed by atoms with van der Waals surface area (Å²) in [6.07, 6.45) is 7.64. The van der Waals surface area contributed by atoms with E-state index in [1.165, 1.54) is 49.7 Å². The van der Waals surface area contributed by atoms with Crippen molar-refractivity contribution in [3.63, 3.8) is 0 Å². The van der Waals surface area contributed by atoms with Crippen LogP contribution in [0, 0.1) is 11.3 Å². The minimum Gasteiger partial charge on any atom is -0.305 e. The normalized spacial score (nSPS) is 12.3. The summed E-state index contributed by atoms with van der Waals surface area (Å²) < 4.78 is 0. The molecule has 0 amide bonds. The zero-order valence-corrected chi connectivity index (χ0v) is 11.8. The second-order valence-electron chi connectivity index (χ2n) is 5.02. The molecule has 1 N–H and O–H groups in total. The highest BCUT2D eigenvalue weighted by Gasteiger charge is 2.16. The molecule has 1 nitrogen and oxygen atoms in total. The summed E-state index contributed by atoms with van der Waals surface area (Å²) in [6.45, 7) is 10.7. The van der Waals surface area contributed by atoms with Crippen LogP contribution in [0.15, 0.2) is 11.1 Å². The molecule has 0 saturated heterocycles. The van der Waals surface area contributed by atoms with Crippen molar-refractivity contribution in [1.29, 1.82) is 5.41 Å². The van der Waals surface area contributed by atoms with E-state index in [4.69, 9.17) is 5.41 Å². The molecular formula is C15H29N. The summed E-state index contributed by atoms with van der Waals surface area (Å²) in [5.41, 5.74) is 3.43. The Morgan fingerprint density at radius 3 is 1.94 bits per heavy atom. The monoisotopic (exact) mass is 223 g/mol. The average Bonchev–Trinajstić information content (AvgIpc) is 2.17. The highest BCUT2D eigenvalue weighted by atomic mass is 14.4. The molecule has 1 heteroatoms. The van der Waals surface area contributed by atoms with Gasteiger partial charge in [0, 0.05) is 5.71 Å². The lowest BCUT2D eigenvalue weighted by molar-refractivity contribution is 0.488.